The molecule has 0 fully saturated rings. The zero-order chi connectivity index (χ0) is 18.5. The van der Waals surface area contributed by atoms with Gasteiger partial charge in [-0.3, -0.25) is 10.3 Å². The summed E-state index contributed by atoms with van der Waals surface area (Å²) in [5.74, 6) is 0.550. The summed E-state index contributed by atoms with van der Waals surface area (Å²) < 4.78 is 2.23. The minimum absolute atomic E-state index is 0.550. The van der Waals surface area contributed by atoms with Gasteiger partial charge in [0.05, 0.1) is 6.33 Å². The van der Waals surface area contributed by atoms with Gasteiger partial charge in [-0.2, -0.15) is 5.21 Å². The van der Waals surface area contributed by atoms with Gasteiger partial charge in [0.25, 0.3) is 0 Å². The van der Waals surface area contributed by atoms with Crippen molar-refractivity contribution in [1.29, 1.82) is 0 Å². The van der Waals surface area contributed by atoms with Crippen molar-refractivity contribution in [3.05, 3.63) is 72.3 Å². The molecular formula is C21H21N6-. The Bertz CT molecular complexity index is 986. The second kappa shape index (κ2) is 7.95. The third-order valence-electron chi connectivity index (χ3n) is 4.69. The van der Waals surface area contributed by atoms with Gasteiger partial charge in [-0.1, -0.05) is 61.9 Å². The van der Waals surface area contributed by atoms with Crippen LogP contribution < -0.4 is 5.10 Å². The number of aromatic nitrogens is 6. The van der Waals surface area contributed by atoms with E-state index in [1.807, 2.05) is 30.7 Å². The van der Waals surface area contributed by atoms with E-state index in [0.29, 0.717) is 5.82 Å². The molecule has 0 saturated heterocycles. The highest BCUT2D eigenvalue weighted by Crippen LogP contribution is 2.29. The SMILES string of the molecule is CCCCc1cncn1Cc1ccc(-c2ccccc2-c2nnn[n-]2)cc1. The molecule has 0 saturated carbocycles. The Balaban J connectivity index is 1.57. The summed E-state index contributed by atoms with van der Waals surface area (Å²) in [5.41, 5.74) is 5.67. The van der Waals surface area contributed by atoms with Crippen molar-refractivity contribution >= 4 is 0 Å². The normalized spacial score (nSPS) is 11.0. The van der Waals surface area contributed by atoms with Crippen molar-refractivity contribution in [3.8, 4) is 22.5 Å². The van der Waals surface area contributed by atoms with E-state index in [2.05, 4.69) is 67.4 Å². The molecule has 2 aromatic carbocycles. The number of imidazole rings is 1. The second-order valence-corrected chi connectivity index (χ2v) is 6.56. The van der Waals surface area contributed by atoms with Crippen LogP contribution in [0.3, 0.4) is 0 Å². The number of aryl methyl sites for hydroxylation is 1. The van der Waals surface area contributed by atoms with E-state index in [4.69, 9.17) is 0 Å². The van der Waals surface area contributed by atoms with Crippen molar-refractivity contribution in [2.75, 3.05) is 0 Å². The fourth-order valence-electron chi connectivity index (χ4n) is 3.23. The highest BCUT2D eigenvalue weighted by molar-refractivity contribution is 5.80. The maximum atomic E-state index is 4.31. The number of unbranched alkanes of at least 4 members (excludes halogenated alkanes) is 1. The molecule has 0 aliphatic carbocycles. The number of benzene rings is 2. The fourth-order valence-corrected chi connectivity index (χ4v) is 3.23. The lowest BCUT2D eigenvalue weighted by molar-refractivity contribution is 0.696. The summed E-state index contributed by atoms with van der Waals surface area (Å²) in [7, 11) is 0. The average molecular weight is 357 g/mol. The maximum absolute atomic E-state index is 4.31. The van der Waals surface area contributed by atoms with Crippen LogP contribution in [0.2, 0.25) is 0 Å². The predicted molar refractivity (Wildman–Crippen MR) is 104 cm³/mol. The molecule has 0 unspecified atom stereocenters. The van der Waals surface area contributed by atoms with Crippen molar-refractivity contribution in [1.82, 2.24) is 30.2 Å². The quantitative estimate of drug-likeness (QED) is 0.504. The van der Waals surface area contributed by atoms with E-state index in [1.54, 1.807) is 0 Å². The Morgan fingerprint density at radius 3 is 2.56 bits per heavy atom. The molecule has 4 rings (SSSR count). The first-order chi connectivity index (χ1) is 13.3. The summed E-state index contributed by atoms with van der Waals surface area (Å²) >= 11 is 0. The van der Waals surface area contributed by atoms with E-state index in [0.717, 1.165) is 29.7 Å². The van der Waals surface area contributed by atoms with Crippen molar-refractivity contribution in [3.63, 3.8) is 0 Å². The number of hydrogen-bond acceptors (Lipinski definition) is 4. The van der Waals surface area contributed by atoms with Gasteiger partial charge >= 0.3 is 0 Å². The molecular weight excluding hydrogens is 336 g/mol. The van der Waals surface area contributed by atoms with Gasteiger partial charge < -0.3 is 9.67 Å². The summed E-state index contributed by atoms with van der Waals surface area (Å²) in [5, 5.41) is 15.2. The van der Waals surface area contributed by atoms with Crippen LogP contribution in [0.5, 0.6) is 0 Å². The van der Waals surface area contributed by atoms with Crippen LogP contribution in [0, 0.1) is 0 Å². The molecule has 0 atom stereocenters. The van der Waals surface area contributed by atoms with Gasteiger partial charge in [0.1, 0.15) is 0 Å². The molecule has 0 aliphatic heterocycles. The molecule has 6 nitrogen and oxygen atoms in total. The Kier molecular flexibility index (Phi) is 5.05. The van der Waals surface area contributed by atoms with Crippen LogP contribution in [0.4, 0.5) is 0 Å². The topological polar surface area (TPSA) is 70.6 Å². The monoisotopic (exact) mass is 357 g/mol. The second-order valence-electron chi connectivity index (χ2n) is 6.56. The number of rotatable bonds is 7. The number of nitrogens with zero attached hydrogens (tertiary/aromatic N) is 6. The van der Waals surface area contributed by atoms with Crippen LogP contribution in [0.1, 0.15) is 31.0 Å². The summed E-state index contributed by atoms with van der Waals surface area (Å²) in [6.45, 7) is 3.05. The van der Waals surface area contributed by atoms with Crippen LogP contribution >= 0.6 is 0 Å². The minimum Gasteiger partial charge on any atom is -0.330 e. The molecule has 0 aliphatic rings. The van der Waals surface area contributed by atoms with E-state index < -0.39 is 0 Å². The van der Waals surface area contributed by atoms with E-state index in [1.165, 1.54) is 24.1 Å². The van der Waals surface area contributed by atoms with E-state index in [9.17, 15) is 0 Å². The van der Waals surface area contributed by atoms with Crippen molar-refractivity contribution in [2.24, 2.45) is 0 Å². The lowest BCUT2D eigenvalue weighted by atomic mass is 9.98. The molecule has 2 aromatic heterocycles. The first-order valence-corrected chi connectivity index (χ1v) is 9.21. The molecule has 0 N–H and O–H groups in total. The summed E-state index contributed by atoms with van der Waals surface area (Å²) in [6, 6.07) is 16.7. The molecule has 0 spiro atoms. The summed E-state index contributed by atoms with van der Waals surface area (Å²) in [6.07, 6.45) is 7.35. The van der Waals surface area contributed by atoms with Gasteiger partial charge in [-0.25, -0.2) is 4.98 Å². The van der Waals surface area contributed by atoms with Crippen LogP contribution in [-0.4, -0.2) is 25.1 Å². The number of tetrazole rings is 1. The van der Waals surface area contributed by atoms with Crippen LogP contribution in [0.15, 0.2) is 61.1 Å². The molecule has 4 aromatic rings. The molecule has 2 heterocycles. The highest BCUT2D eigenvalue weighted by atomic mass is 15.5. The molecule has 6 heteroatoms. The van der Waals surface area contributed by atoms with Gasteiger partial charge in [-0.15, -0.1) is 0 Å². The Labute approximate surface area is 158 Å². The van der Waals surface area contributed by atoms with E-state index >= 15 is 0 Å². The van der Waals surface area contributed by atoms with E-state index in [-0.39, 0.29) is 0 Å². The zero-order valence-electron chi connectivity index (χ0n) is 15.3. The molecule has 0 bridgehead atoms. The highest BCUT2D eigenvalue weighted by Gasteiger charge is 2.07. The standard InChI is InChI=1S/C21H21N6/c1-2-3-6-18-13-22-15-27(18)14-16-9-11-17(12-10-16)19-7-4-5-8-20(19)21-23-25-26-24-21/h4-5,7-13,15H,2-3,6,14H2,1H3/q-1. The smallest absolute Gasteiger partial charge is 0.0951 e. The van der Waals surface area contributed by atoms with Gasteiger partial charge in [0.15, 0.2) is 0 Å². The van der Waals surface area contributed by atoms with Crippen LogP contribution in [0.25, 0.3) is 22.5 Å². The first-order valence-electron chi connectivity index (χ1n) is 9.21. The van der Waals surface area contributed by atoms with Crippen molar-refractivity contribution in [2.45, 2.75) is 32.7 Å². The third kappa shape index (κ3) is 3.79. The fraction of sp³-hybridized carbons (Fsp3) is 0.238. The molecule has 136 valence electrons. The number of hydrogen-bond donors (Lipinski definition) is 0. The van der Waals surface area contributed by atoms with Crippen molar-refractivity contribution < 1.29 is 0 Å². The lowest BCUT2D eigenvalue weighted by Gasteiger charge is -2.11. The van der Waals surface area contributed by atoms with Gasteiger partial charge in [-0.05, 0) is 35.1 Å². The molecule has 0 amide bonds. The minimum atomic E-state index is 0.550. The Hall–Kier alpha value is -3.28. The largest absolute Gasteiger partial charge is 0.330 e. The van der Waals surface area contributed by atoms with Gasteiger partial charge in [0.2, 0.25) is 0 Å². The Morgan fingerprint density at radius 2 is 1.81 bits per heavy atom. The maximum Gasteiger partial charge on any atom is 0.0951 e. The predicted octanol–water partition coefficient (Wildman–Crippen LogP) is 3.75. The first kappa shape index (κ1) is 17.1. The van der Waals surface area contributed by atoms with Gasteiger partial charge in [0, 0.05) is 24.3 Å². The average Bonchev–Trinajstić information content (AvgIpc) is 3.39. The Morgan fingerprint density at radius 1 is 1.00 bits per heavy atom. The lowest BCUT2D eigenvalue weighted by Crippen LogP contribution is -2.03. The molecule has 27 heavy (non-hydrogen) atoms. The zero-order valence-corrected chi connectivity index (χ0v) is 15.3. The summed E-state index contributed by atoms with van der Waals surface area (Å²) in [4.78, 5) is 4.31. The third-order valence-corrected chi connectivity index (χ3v) is 4.69. The molecule has 0 radical (unpaired) electrons. The van der Waals surface area contributed by atoms with Crippen LogP contribution in [-0.2, 0) is 13.0 Å².